The van der Waals surface area contributed by atoms with E-state index in [1.54, 1.807) is 6.08 Å². The van der Waals surface area contributed by atoms with Crippen molar-refractivity contribution < 1.29 is 24.1 Å². The molecule has 0 unspecified atom stereocenters. The highest BCUT2D eigenvalue weighted by Gasteiger charge is 2.17. The Kier molecular flexibility index (Phi) is 3.19. The molecule has 116 valence electrons. The molecule has 0 fully saturated rings. The van der Waals surface area contributed by atoms with Crippen LogP contribution >= 0.6 is 0 Å². The predicted molar refractivity (Wildman–Crippen MR) is 83.7 cm³/mol. The van der Waals surface area contributed by atoms with Crippen LogP contribution in [-0.4, -0.2) is 24.5 Å². The Bertz CT molecular complexity index is 822. The summed E-state index contributed by atoms with van der Waals surface area (Å²) < 4.78 is 16.4. The van der Waals surface area contributed by atoms with Gasteiger partial charge in [0.1, 0.15) is 5.75 Å². The number of rotatable bonds is 2. The number of carboxylic acids is 1. The van der Waals surface area contributed by atoms with Gasteiger partial charge in [-0.1, -0.05) is 12.1 Å². The third kappa shape index (κ3) is 2.50. The first-order chi connectivity index (χ1) is 11.2. The number of ether oxygens (including phenoxy) is 3. The van der Waals surface area contributed by atoms with Gasteiger partial charge in [-0.3, -0.25) is 0 Å². The molecule has 0 saturated carbocycles. The van der Waals surface area contributed by atoms with E-state index in [0.29, 0.717) is 24.4 Å². The maximum atomic E-state index is 11.2. The molecule has 0 spiro atoms. The fourth-order valence-corrected chi connectivity index (χ4v) is 2.75. The van der Waals surface area contributed by atoms with Crippen molar-refractivity contribution in [3.05, 3.63) is 47.5 Å². The Hall–Kier alpha value is -2.95. The lowest BCUT2D eigenvalue weighted by atomic mass is 10.0. The SMILES string of the molecule is O=C(O)C1=Cc2cc(-c3ccc4c(c3)OCO4)ccc2OCC1. The summed E-state index contributed by atoms with van der Waals surface area (Å²) >= 11 is 0. The summed E-state index contributed by atoms with van der Waals surface area (Å²) in [5.41, 5.74) is 3.07. The van der Waals surface area contributed by atoms with Gasteiger partial charge in [0, 0.05) is 17.6 Å². The predicted octanol–water partition coefficient (Wildman–Crippen LogP) is 3.33. The maximum absolute atomic E-state index is 11.2. The highest BCUT2D eigenvalue weighted by molar-refractivity contribution is 5.93. The lowest BCUT2D eigenvalue weighted by Crippen LogP contribution is -2.03. The summed E-state index contributed by atoms with van der Waals surface area (Å²) in [5, 5.41) is 9.23. The van der Waals surface area contributed by atoms with Crippen molar-refractivity contribution in [3.63, 3.8) is 0 Å². The lowest BCUT2D eigenvalue weighted by Gasteiger charge is -2.09. The highest BCUT2D eigenvalue weighted by Crippen LogP contribution is 2.37. The fraction of sp³-hybridized carbons (Fsp3) is 0.167. The van der Waals surface area contributed by atoms with Crippen molar-refractivity contribution in [1.82, 2.24) is 0 Å². The van der Waals surface area contributed by atoms with Gasteiger partial charge in [-0.2, -0.15) is 0 Å². The molecule has 4 rings (SSSR count). The number of hydrogen-bond acceptors (Lipinski definition) is 4. The van der Waals surface area contributed by atoms with E-state index in [9.17, 15) is 9.90 Å². The van der Waals surface area contributed by atoms with Gasteiger partial charge in [-0.15, -0.1) is 0 Å². The number of fused-ring (bicyclic) bond motifs is 2. The van der Waals surface area contributed by atoms with E-state index in [4.69, 9.17) is 14.2 Å². The van der Waals surface area contributed by atoms with Gasteiger partial charge in [0.2, 0.25) is 6.79 Å². The Morgan fingerprint density at radius 1 is 0.913 bits per heavy atom. The minimum Gasteiger partial charge on any atom is -0.493 e. The smallest absolute Gasteiger partial charge is 0.331 e. The first-order valence-corrected chi connectivity index (χ1v) is 7.31. The van der Waals surface area contributed by atoms with Crippen LogP contribution in [0, 0.1) is 0 Å². The zero-order valence-electron chi connectivity index (χ0n) is 12.2. The molecule has 23 heavy (non-hydrogen) atoms. The molecule has 2 heterocycles. The van der Waals surface area contributed by atoms with Crippen molar-refractivity contribution >= 4 is 12.0 Å². The Morgan fingerprint density at radius 3 is 2.48 bits per heavy atom. The van der Waals surface area contributed by atoms with Crippen molar-refractivity contribution in [1.29, 1.82) is 0 Å². The van der Waals surface area contributed by atoms with Crippen LogP contribution < -0.4 is 14.2 Å². The lowest BCUT2D eigenvalue weighted by molar-refractivity contribution is -0.132. The maximum Gasteiger partial charge on any atom is 0.331 e. The van der Waals surface area contributed by atoms with Gasteiger partial charge < -0.3 is 19.3 Å². The largest absolute Gasteiger partial charge is 0.493 e. The van der Waals surface area contributed by atoms with Crippen molar-refractivity contribution in [3.8, 4) is 28.4 Å². The van der Waals surface area contributed by atoms with Gasteiger partial charge in [-0.05, 0) is 41.5 Å². The first-order valence-electron chi connectivity index (χ1n) is 7.31. The van der Waals surface area contributed by atoms with Crippen LogP contribution in [0.2, 0.25) is 0 Å². The summed E-state index contributed by atoms with van der Waals surface area (Å²) in [6.45, 7) is 0.607. The molecule has 0 amide bonds. The molecule has 0 bridgehead atoms. The number of carboxylic acid groups (broad SMARTS) is 1. The number of benzene rings is 2. The normalized spacial score (nSPS) is 15.2. The average molecular weight is 310 g/mol. The van der Waals surface area contributed by atoms with Gasteiger partial charge in [0.25, 0.3) is 0 Å². The molecule has 0 radical (unpaired) electrons. The van der Waals surface area contributed by atoms with Crippen LogP contribution in [0.15, 0.2) is 42.0 Å². The summed E-state index contributed by atoms with van der Waals surface area (Å²) in [7, 11) is 0. The molecule has 2 aromatic carbocycles. The van der Waals surface area contributed by atoms with Crippen LogP contribution in [0.5, 0.6) is 17.2 Å². The van der Waals surface area contributed by atoms with Gasteiger partial charge in [0.15, 0.2) is 11.5 Å². The molecule has 2 aromatic rings. The van der Waals surface area contributed by atoms with Gasteiger partial charge in [0.05, 0.1) is 6.61 Å². The quantitative estimate of drug-likeness (QED) is 0.921. The van der Waals surface area contributed by atoms with Gasteiger partial charge in [-0.25, -0.2) is 4.79 Å². The van der Waals surface area contributed by atoms with Gasteiger partial charge >= 0.3 is 5.97 Å². The molecule has 0 aromatic heterocycles. The zero-order valence-corrected chi connectivity index (χ0v) is 12.2. The van der Waals surface area contributed by atoms with Crippen LogP contribution in [-0.2, 0) is 4.79 Å². The molecule has 5 heteroatoms. The molecular weight excluding hydrogens is 296 g/mol. The molecule has 1 N–H and O–H groups in total. The Labute approximate surface area is 132 Å². The van der Waals surface area contributed by atoms with Crippen LogP contribution in [0.25, 0.3) is 17.2 Å². The second-order valence-corrected chi connectivity index (χ2v) is 5.39. The van der Waals surface area contributed by atoms with E-state index in [-0.39, 0.29) is 6.79 Å². The fourth-order valence-electron chi connectivity index (χ4n) is 2.75. The van der Waals surface area contributed by atoms with Crippen molar-refractivity contribution in [2.24, 2.45) is 0 Å². The molecule has 0 atom stereocenters. The number of hydrogen-bond donors (Lipinski definition) is 1. The number of carbonyl (C=O) groups is 1. The second kappa shape index (κ2) is 5.35. The molecular formula is C18H14O5. The van der Waals surface area contributed by atoms with Crippen molar-refractivity contribution in [2.75, 3.05) is 13.4 Å². The summed E-state index contributed by atoms with van der Waals surface area (Å²) in [6, 6.07) is 11.5. The molecule has 0 saturated heterocycles. The zero-order chi connectivity index (χ0) is 15.8. The van der Waals surface area contributed by atoms with E-state index in [0.717, 1.165) is 28.2 Å². The topological polar surface area (TPSA) is 65.0 Å². The average Bonchev–Trinajstić information content (AvgIpc) is 2.91. The van der Waals surface area contributed by atoms with E-state index < -0.39 is 5.97 Å². The molecule has 2 aliphatic heterocycles. The standard InChI is InChI=1S/C18H14O5/c19-18(20)13-5-6-21-15-3-1-11(7-14(15)8-13)12-2-4-16-17(9-12)23-10-22-16/h1-4,7-9H,5-6,10H2,(H,19,20). The minimum atomic E-state index is -0.907. The molecule has 5 nitrogen and oxygen atoms in total. The van der Waals surface area contributed by atoms with E-state index in [2.05, 4.69) is 0 Å². The second-order valence-electron chi connectivity index (χ2n) is 5.39. The third-order valence-corrected chi connectivity index (χ3v) is 3.95. The van der Waals surface area contributed by atoms with Crippen LogP contribution in [0.1, 0.15) is 12.0 Å². The monoisotopic (exact) mass is 310 g/mol. The van der Waals surface area contributed by atoms with Crippen molar-refractivity contribution in [2.45, 2.75) is 6.42 Å². The van der Waals surface area contributed by atoms with Crippen LogP contribution in [0.4, 0.5) is 0 Å². The van der Waals surface area contributed by atoms with E-state index in [1.165, 1.54) is 0 Å². The molecule has 2 aliphatic rings. The highest BCUT2D eigenvalue weighted by atomic mass is 16.7. The van der Waals surface area contributed by atoms with E-state index in [1.807, 2.05) is 36.4 Å². The number of aliphatic carboxylic acids is 1. The minimum absolute atomic E-state index is 0.238. The van der Waals surface area contributed by atoms with Crippen LogP contribution in [0.3, 0.4) is 0 Å². The summed E-state index contributed by atoms with van der Waals surface area (Å²) in [5.74, 6) is 1.25. The third-order valence-electron chi connectivity index (χ3n) is 3.95. The summed E-state index contributed by atoms with van der Waals surface area (Å²) in [6.07, 6.45) is 2.07. The Morgan fingerprint density at radius 2 is 1.65 bits per heavy atom. The summed E-state index contributed by atoms with van der Waals surface area (Å²) in [4.78, 5) is 11.2. The van der Waals surface area contributed by atoms with E-state index >= 15 is 0 Å². The first kappa shape index (κ1) is 13.7. The Balaban J connectivity index is 1.77. The molecule has 0 aliphatic carbocycles.